The van der Waals surface area contributed by atoms with Crippen LogP contribution in [0.25, 0.3) is 15.2 Å². The van der Waals surface area contributed by atoms with Crippen LogP contribution in [0.3, 0.4) is 0 Å². The van der Waals surface area contributed by atoms with Crippen molar-refractivity contribution in [1.82, 2.24) is 14.6 Å². The maximum Gasteiger partial charge on any atom is 0.316 e. The number of aromatic nitrogens is 3. The van der Waals surface area contributed by atoms with Crippen LogP contribution in [0.5, 0.6) is 0 Å². The molecular weight excluding hydrogens is 306 g/mol. The molecule has 0 aliphatic rings. The molecule has 21 heavy (non-hydrogen) atoms. The average Bonchev–Trinajstić information content (AvgIpc) is 3.04. The summed E-state index contributed by atoms with van der Waals surface area (Å²) in [6.07, 6.45) is 1.92. The summed E-state index contributed by atoms with van der Waals surface area (Å²) in [7, 11) is 0. The fraction of sp³-hybridized carbons (Fsp3) is 0.357. The summed E-state index contributed by atoms with van der Waals surface area (Å²) in [5, 5.41) is 9.05. The molecule has 0 atom stereocenters. The Bertz CT molecular complexity index is 766. The van der Waals surface area contributed by atoms with Gasteiger partial charge in [-0.1, -0.05) is 48.6 Å². The molecule has 2 aromatic heterocycles. The standard InChI is InChI=1S/C14H15N3O2S2/c1-2-3-8-19-12(18)9-20-13-15-16-14-17(13)10-6-4-5-7-11(10)21-14/h4-7H,2-3,8-9H2,1H3. The zero-order chi connectivity index (χ0) is 14.7. The highest BCUT2D eigenvalue weighted by Gasteiger charge is 2.14. The molecule has 1 aromatic carbocycles. The molecule has 0 saturated heterocycles. The zero-order valence-electron chi connectivity index (χ0n) is 11.6. The van der Waals surface area contributed by atoms with Crippen molar-refractivity contribution in [3.63, 3.8) is 0 Å². The fourth-order valence-corrected chi connectivity index (χ4v) is 3.71. The Morgan fingerprint density at radius 3 is 3.10 bits per heavy atom. The van der Waals surface area contributed by atoms with E-state index in [0.29, 0.717) is 6.61 Å². The van der Waals surface area contributed by atoms with E-state index in [9.17, 15) is 4.79 Å². The molecule has 0 aliphatic carbocycles. The molecule has 5 nitrogen and oxygen atoms in total. The summed E-state index contributed by atoms with van der Waals surface area (Å²) in [5.74, 6) is 0.0547. The summed E-state index contributed by atoms with van der Waals surface area (Å²) in [4.78, 5) is 12.5. The molecule has 0 spiro atoms. The van der Waals surface area contributed by atoms with Crippen LogP contribution in [-0.4, -0.2) is 32.9 Å². The number of ether oxygens (including phenoxy) is 1. The van der Waals surface area contributed by atoms with Crippen molar-refractivity contribution in [3.05, 3.63) is 24.3 Å². The lowest BCUT2D eigenvalue weighted by Gasteiger charge is -2.02. The van der Waals surface area contributed by atoms with Gasteiger partial charge in [0.2, 0.25) is 4.96 Å². The van der Waals surface area contributed by atoms with E-state index in [1.54, 1.807) is 11.3 Å². The van der Waals surface area contributed by atoms with Crippen molar-refractivity contribution in [2.24, 2.45) is 0 Å². The van der Waals surface area contributed by atoms with E-state index in [0.717, 1.165) is 33.2 Å². The average molecular weight is 321 g/mol. The van der Waals surface area contributed by atoms with Gasteiger partial charge in [0, 0.05) is 0 Å². The summed E-state index contributed by atoms with van der Waals surface area (Å²) >= 11 is 2.96. The van der Waals surface area contributed by atoms with E-state index in [-0.39, 0.29) is 11.7 Å². The van der Waals surface area contributed by atoms with Crippen LogP contribution in [0.1, 0.15) is 19.8 Å². The number of hydrogen-bond acceptors (Lipinski definition) is 6. The Hall–Kier alpha value is -1.60. The minimum absolute atomic E-state index is 0.204. The predicted molar refractivity (Wildman–Crippen MR) is 85.0 cm³/mol. The zero-order valence-corrected chi connectivity index (χ0v) is 13.2. The third-order valence-electron chi connectivity index (χ3n) is 2.99. The van der Waals surface area contributed by atoms with E-state index in [1.165, 1.54) is 11.8 Å². The highest BCUT2D eigenvalue weighted by atomic mass is 32.2. The molecule has 0 radical (unpaired) electrons. The predicted octanol–water partition coefficient (Wildman–Crippen LogP) is 3.38. The fourth-order valence-electron chi connectivity index (χ4n) is 1.94. The molecule has 7 heteroatoms. The molecule has 0 N–H and O–H groups in total. The topological polar surface area (TPSA) is 56.5 Å². The van der Waals surface area contributed by atoms with Crippen molar-refractivity contribution in [2.75, 3.05) is 12.4 Å². The number of hydrogen-bond donors (Lipinski definition) is 0. The summed E-state index contributed by atoms with van der Waals surface area (Å²) in [5.41, 5.74) is 1.07. The van der Waals surface area contributed by atoms with Crippen LogP contribution in [0, 0.1) is 0 Å². The largest absolute Gasteiger partial charge is 0.465 e. The van der Waals surface area contributed by atoms with E-state index in [4.69, 9.17) is 4.74 Å². The van der Waals surface area contributed by atoms with Crippen LogP contribution < -0.4 is 0 Å². The van der Waals surface area contributed by atoms with Crippen LogP contribution >= 0.6 is 23.1 Å². The van der Waals surface area contributed by atoms with E-state index in [1.807, 2.05) is 22.6 Å². The van der Waals surface area contributed by atoms with E-state index < -0.39 is 0 Å². The molecule has 0 aliphatic heterocycles. The molecule has 2 heterocycles. The van der Waals surface area contributed by atoms with Crippen LogP contribution in [0.2, 0.25) is 0 Å². The Kier molecular flexibility index (Phi) is 4.40. The maximum absolute atomic E-state index is 11.7. The first-order chi connectivity index (χ1) is 10.3. The number of nitrogens with zero attached hydrogens (tertiary/aromatic N) is 3. The Balaban J connectivity index is 1.74. The molecule has 0 unspecified atom stereocenters. The third-order valence-corrected chi connectivity index (χ3v) is 4.91. The molecule has 0 saturated carbocycles. The van der Waals surface area contributed by atoms with Gasteiger partial charge in [0.05, 0.1) is 22.6 Å². The van der Waals surface area contributed by atoms with Crippen LogP contribution in [0.4, 0.5) is 0 Å². The second-order valence-electron chi connectivity index (χ2n) is 4.53. The Morgan fingerprint density at radius 2 is 2.24 bits per heavy atom. The number of benzene rings is 1. The first-order valence-electron chi connectivity index (χ1n) is 6.80. The number of rotatable bonds is 6. The smallest absolute Gasteiger partial charge is 0.316 e. The minimum Gasteiger partial charge on any atom is -0.465 e. The van der Waals surface area contributed by atoms with Gasteiger partial charge in [-0.3, -0.25) is 9.20 Å². The van der Waals surface area contributed by atoms with Crippen LogP contribution in [0.15, 0.2) is 29.4 Å². The van der Waals surface area contributed by atoms with E-state index in [2.05, 4.69) is 23.2 Å². The third kappa shape index (κ3) is 3.03. The number of para-hydroxylation sites is 1. The molecule has 0 bridgehead atoms. The van der Waals surface area contributed by atoms with Crippen molar-refractivity contribution in [3.8, 4) is 0 Å². The Morgan fingerprint density at radius 1 is 1.38 bits per heavy atom. The monoisotopic (exact) mass is 321 g/mol. The lowest BCUT2D eigenvalue weighted by atomic mass is 10.3. The molecule has 0 amide bonds. The highest BCUT2D eigenvalue weighted by Crippen LogP contribution is 2.29. The number of esters is 1. The molecule has 110 valence electrons. The number of carbonyl (C=O) groups is 1. The maximum atomic E-state index is 11.7. The molecular formula is C14H15N3O2S2. The van der Waals surface area contributed by atoms with Gasteiger partial charge in [0.1, 0.15) is 0 Å². The van der Waals surface area contributed by atoms with Gasteiger partial charge in [0.25, 0.3) is 0 Å². The van der Waals surface area contributed by atoms with Crippen molar-refractivity contribution in [1.29, 1.82) is 0 Å². The van der Waals surface area contributed by atoms with Gasteiger partial charge in [-0.25, -0.2) is 0 Å². The second kappa shape index (κ2) is 6.44. The quantitative estimate of drug-likeness (QED) is 0.396. The molecule has 3 aromatic rings. The summed E-state index contributed by atoms with van der Waals surface area (Å²) in [6.45, 7) is 2.56. The van der Waals surface area contributed by atoms with Crippen molar-refractivity contribution in [2.45, 2.75) is 24.9 Å². The van der Waals surface area contributed by atoms with Crippen LogP contribution in [-0.2, 0) is 9.53 Å². The summed E-state index contributed by atoms with van der Waals surface area (Å²) in [6, 6.07) is 8.08. The van der Waals surface area contributed by atoms with Crippen molar-refractivity contribution >= 4 is 44.2 Å². The first kappa shape index (κ1) is 14.3. The SMILES string of the molecule is CCCCOC(=O)CSc1nnc2sc3ccccc3n12. The second-order valence-corrected chi connectivity index (χ2v) is 6.48. The van der Waals surface area contributed by atoms with Gasteiger partial charge >= 0.3 is 5.97 Å². The van der Waals surface area contributed by atoms with Crippen molar-refractivity contribution < 1.29 is 9.53 Å². The van der Waals surface area contributed by atoms with Gasteiger partial charge < -0.3 is 4.74 Å². The van der Waals surface area contributed by atoms with Gasteiger partial charge in [-0.15, -0.1) is 10.2 Å². The normalized spacial score (nSPS) is 11.3. The number of fused-ring (bicyclic) bond motifs is 3. The lowest BCUT2D eigenvalue weighted by molar-refractivity contribution is -0.140. The highest BCUT2D eigenvalue weighted by molar-refractivity contribution is 7.99. The number of unbranched alkanes of at least 4 members (excludes halogenated alkanes) is 1. The number of thioether (sulfide) groups is 1. The first-order valence-corrected chi connectivity index (χ1v) is 8.61. The summed E-state index contributed by atoms with van der Waals surface area (Å²) < 4.78 is 8.30. The Labute approximate surface area is 130 Å². The minimum atomic E-state index is -0.204. The molecule has 0 fully saturated rings. The van der Waals surface area contributed by atoms with E-state index >= 15 is 0 Å². The number of carbonyl (C=O) groups excluding carboxylic acids is 1. The molecule has 3 rings (SSSR count). The lowest BCUT2D eigenvalue weighted by Crippen LogP contribution is -2.08. The van der Waals surface area contributed by atoms with Gasteiger partial charge in [-0.2, -0.15) is 0 Å². The van der Waals surface area contributed by atoms with Gasteiger partial charge in [-0.05, 0) is 18.6 Å². The van der Waals surface area contributed by atoms with Gasteiger partial charge in [0.15, 0.2) is 5.16 Å². The number of thiazole rings is 1.